The Morgan fingerprint density at radius 1 is 0.265 bits per heavy atom. The zero-order chi connectivity index (χ0) is 39.4. The number of nitrogens with zero attached hydrogens (tertiary/aromatic N) is 6. The van der Waals surface area contributed by atoms with Crippen LogP contribution >= 0.6 is 0 Å². The second-order valence-corrected chi connectivity index (χ2v) is 12.0. The second-order valence-electron chi connectivity index (χ2n) is 12.0. The summed E-state index contributed by atoms with van der Waals surface area (Å²) in [6.45, 7) is 63.1. The molecule has 0 saturated carbocycles. The number of hydrogen-bond donors (Lipinski definition) is 0. The van der Waals surface area contributed by atoms with Gasteiger partial charge in [0.1, 0.15) is 0 Å². The molecular formula is C36H66N6O6Tc. The molecule has 0 aromatic carbocycles. The molecule has 0 aromatic rings. The molecular weight excluding hydrogens is 710 g/mol. The molecule has 13 heteroatoms. The van der Waals surface area contributed by atoms with Gasteiger partial charge in [-0.2, -0.15) is 0 Å². The summed E-state index contributed by atoms with van der Waals surface area (Å²) in [7, 11) is 9.35. The summed E-state index contributed by atoms with van der Waals surface area (Å²) < 4.78 is 28.8. The van der Waals surface area contributed by atoms with Crippen molar-refractivity contribution in [3.8, 4) is 0 Å². The van der Waals surface area contributed by atoms with Gasteiger partial charge in [-0.05, 0) is 0 Å². The summed E-state index contributed by atoms with van der Waals surface area (Å²) in [6.07, 6.45) is -1.53. The molecule has 49 heavy (non-hydrogen) atoms. The van der Waals surface area contributed by atoms with Crippen LogP contribution in [0.25, 0.3) is 29.1 Å². The van der Waals surface area contributed by atoms with Crippen LogP contribution in [-0.2, 0) is 48.5 Å². The molecule has 283 valence electrons. The maximum absolute atomic E-state index is 6.59. The maximum Gasteiger partial charge on any atom is 0.329 e. The third kappa shape index (κ3) is 41.4. The molecule has 6 unspecified atom stereocenters. The molecule has 0 rings (SSSR count). The average molecular weight is 777 g/mol. The van der Waals surface area contributed by atoms with Crippen LogP contribution in [-0.4, -0.2) is 80.0 Å². The van der Waals surface area contributed by atoms with Crippen molar-refractivity contribution >= 4 is 0 Å². The van der Waals surface area contributed by atoms with Crippen molar-refractivity contribution in [3.63, 3.8) is 0 Å². The topological polar surface area (TPSA) is 81.5 Å². The van der Waals surface area contributed by atoms with Crippen molar-refractivity contribution in [2.24, 2.45) is 35.5 Å². The van der Waals surface area contributed by atoms with Crippen molar-refractivity contribution in [2.45, 2.75) is 120 Å². The number of rotatable bonds is 12. The summed E-state index contributed by atoms with van der Waals surface area (Å²) in [5.74, 6) is 1.82. The van der Waals surface area contributed by atoms with Crippen LogP contribution < -0.4 is 0 Å². The predicted octanol–water partition coefficient (Wildman–Crippen LogP) is 9.20. The fourth-order valence-electron chi connectivity index (χ4n) is 2.84. The first-order valence-corrected chi connectivity index (χ1v) is 15.7. The van der Waals surface area contributed by atoms with E-state index in [1.165, 1.54) is 0 Å². The van der Waals surface area contributed by atoms with Crippen LogP contribution in [0.1, 0.15) is 83.1 Å². The van der Waals surface area contributed by atoms with Gasteiger partial charge in [0.05, 0.1) is 35.5 Å². The van der Waals surface area contributed by atoms with E-state index in [0.717, 1.165) is 0 Å². The molecule has 0 aliphatic carbocycles. The van der Waals surface area contributed by atoms with Gasteiger partial charge in [0, 0.05) is 62.8 Å². The summed E-state index contributed by atoms with van der Waals surface area (Å²) in [5, 5.41) is 0. The molecule has 0 fully saturated rings. The van der Waals surface area contributed by atoms with Gasteiger partial charge in [0.2, 0.25) is 0 Å². The first kappa shape index (κ1) is 61.6. The first-order valence-electron chi connectivity index (χ1n) is 15.7. The van der Waals surface area contributed by atoms with Crippen molar-refractivity contribution in [1.29, 1.82) is 0 Å². The second kappa shape index (κ2) is 43.4. The van der Waals surface area contributed by atoms with Crippen LogP contribution in [0.3, 0.4) is 0 Å². The Bertz CT molecular complexity index is 768. The van der Waals surface area contributed by atoms with E-state index in [9.17, 15) is 0 Å². The molecule has 12 nitrogen and oxygen atoms in total. The average Bonchev–Trinajstić information content (AvgIpc) is 3.01. The van der Waals surface area contributed by atoms with E-state index in [1.54, 1.807) is 42.7 Å². The molecule has 1 radical (unpaired) electrons. The largest absolute Gasteiger partial charge is 0.329 e. The first-order chi connectivity index (χ1) is 22.3. The van der Waals surface area contributed by atoms with E-state index in [0.29, 0.717) is 35.5 Å². The summed E-state index contributed by atoms with van der Waals surface area (Å²) >= 11 is 0. The fraction of sp³-hybridized carbons (Fsp3) is 0.833. The Morgan fingerprint density at radius 3 is 0.347 bits per heavy atom. The summed E-state index contributed by atoms with van der Waals surface area (Å²) in [4.78, 5) is 19.4. The van der Waals surface area contributed by atoms with Crippen molar-refractivity contribution in [2.75, 3.05) is 42.7 Å². The minimum Gasteiger partial charge on any atom is -0.314 e. The monoisotopic (exact) mass is 775 g/mol. The Balaban J connectivity index is -0.0000000860. The fourth-order valence-corrected chi connectivity index (χ4v) is 2.84. The summed E-state index contributed by atoms with van der Waals surface area (Å²) in [6, 6.07) is 0. The number of methoxy groups -OCH3 is 6. The molecule has 6 atom stereocenters. The van der Waals surface area contributed by atoms with E-state index in [1.807, 2.05) is 83.1 Å². The zero-order valence-electron chi connectivity index (χ0n) is 33.4. The van der Waals surface area contributed by atoms with Gasteiger partial charge in [0.25, 0.3) is 0 Å². The van der Waals surface area contributed by atoms with Crippen LogP contribution in [0.2, 0.25) is 0 Å². The van der Waals surface area contributed by atoms with Gasteiger partial charge in [-0.15, -0.1) is 0 Å². The molecule has 0 aliphatic rings. The molecule has 0 N–H and O–H groups in total. The van der Waals surface area contributed by atoms with Crippen LogP contribution in [0.4, 0.5) is 0 Å². The predicted molar refractivity (Wildman–Crippen MR) is 193 cm³/mol. The van der Waals surface area contributed by atoms with Crippen molar-refractivity contribution < 1.29 is 48.5 Å². The number of ether oxygens (including phenoxy) is 6. The standard InChI is InChI=1S/6C6H11NO.Tc/c6*1-5(2)6(7-3)8-4;/h6*5-6H,1-2,4H3;. The minimum absolute atomic E-state index is 0. The molecule has 0 aromatic heterocycles. The molecule has 0 bridgehead atoms. The Kier molecular flexibility index (Phi) is 54.5. The minimum atomic E-state index is -0.255. The van der Waals surface area contributed by atoms with E-state index < -0.39 is 0 Å². The van der Waals surface area contributed by atoms with Gasteiger partial charge in [-0.25, -0.2) is 39.4 Å². The van der Waals surface area contributed by atoms with Crippen molar-refractivity contribution in [3.05, 3.63) is 68.5 Å². The molecule has 0 amide bonds. The Labute approximate surface area is 314 Å². The van der Waals surface area contributed by atoms with Gasteiger partial charge in [-0.3, -0.25) is 29.1 Å². The van der Waals surface area contributed by atoms with Gasteiger partial charge >= 0.3 is 37.4 Å². The van der Waals surface area contributed by atoms with E-state index in [2.05, 4.69) is 29.1 Å². The van der Waals surface area contributed by atoms with Gasteiger partial charge in [0.15, 0.2) is 0 Å². The third-order valence-corrected chi connectivity index (χ3v) is 5.63. The smallest absolute Gasteiger partial charge is 0.314 e. The normalized spacial score (nSPS) is 13.1. The molecule has 0 heterocycles. The summed E-state index contributed by atoms with van der Waals surface area (Å²) in [5.41, 5.74) is 0. The van der Waals surface area contributed by atoms with Gasteiger partial charge in [-0.1, -0.05) is 83.1 Å². The van der Waals surface area contributed by atoms with Gasteiger partial charge < -0.3 is 28.4 Å². The zero-order valence-corrected chi connectivity index (χ0v) is 35.3. The van der Waals surface area contributed by atoms with Crippen molar-refractivity contribution in [1.82, 2.24) is 0 Å². The maximum atomic E-state index is 6.59. The van der Waals surface area contributed by atoms with E-state index in [-0.39, 0.29) is 57.5 Å². The third-order valence-electron chi connectivity index (χ3n) is 5.63. The molecule has 0 aliphatic heterocycles. The van der Waals surface area contributed by atoms with E-state index >= 15 is 0 Å². The Morgan fingerprint density at radius 2 is 0.347 bits per heavy atom. The quantitative estimate of drug-likeness (QED) is 0.184. The SMILES string of the molecule is [C-]#[N+]C(OC)C(C)C.[C-]#[N+]C(OC)C(C)C.[C-]#[N+]C(OC)C(C)C.[C-]#[N+]C(OC)C(C)C.[C-]#[N+]C(OC)C(C)C.[C-]#[N+]C(OC)C(C)C.[Tc]. The van der Waals surface area contributed by atoms with Crippen LogP contribution in [0, 0.1) is 74.9 Å². The van der Waals surface area contributed by atoms with Crippen LogP contribution in [0.15, 0.2) is 0 Å². The molecule has 0 spiro atoms. The number of hydrogen-bond acceptors (Lipinski definition) is 6. The Hall–Kier alpha value is -2.65. The molecule has 0 saturated heterocycles. The van der Waals surface area contributed by atoms with Crippen LogP contribution in [0.5, 0.6) is 0 Å². The van der Waals surface area contributed by atoms with E-state index in [4.69, 9.17) is 67.9 Å².